The Morgan fingerprint density at radius 1 is 1.04 bits per heavy atom. The second-order valence-electron chi connectivity index (χ2n) is 6.74. The van der Waals surface area contributed by atoms with E-state index < -0.39 is 0 Å². The summed E-state index contributed by atoms with van der Waals surface area (Å²) in [6, 6.07) is 17.9. The fourth-order valence-electron chi connectivity index (χ4n) is 3.50. The molecule has 0 radical (unpaired) electrons. The molecule has 0 N–H and O–H groups in total. The standard InChI is InChI=1S/C21H23N3O2/c25-21-19-8-4-5-9-20(19)22-16-24(21)11-10-23-12-13-26-18(15-23)14-17-6-2-1-3-7-17/h1-9,16,18H,10-15H2. The van der Waals surface area contributed by atoms with Crippen molar-refractivity contribution in [2.75, 3.05) is 26.2 Å². The molecular formula is C21H23N3O2. The lowest BCUT2D eigenvalue weighted by molar-refractivity contribution is -0.0285. The van der Waals surface area contributed by atoms with Crippen LogP contribution in [-0.4, -0.2) is 46.8 Å². The van der Waals surface area contributed by atoms with Crippen LogP contribution in [0.1, 0.15) is 5.56 Å². The van der Waals surface area contributed by atoms with Gasteiger partial charge in [0.25, 0.3) is 5.56 Å². The zero-order chi connectivity index (χ0) is 17.8. The highest BCUT2D eigenvalue weighted by atomic mass is 16.5. The molecule has 2 aromatic carbocycles. The molecule has 4 rings (SSSR count). The van der Waals surface area contributed by atoms with Crippen molar-refractivity contribution in [3.63, 3.8) is 0 Å². The van der Waals surface area contributed by atoms with Crippen molar-refractivity contribution in [1.82, 2.24) is 14.5 Å². The van der Waals surface area contributed by atoms with Crippen molar-refractivity contribution in [3.8, 4) is 0 Å². The van der Waals surface area contributed by atoms with Crippen molar-refractivity contribution in [2.24, 2.45) is 0 Å². The number of hydrogen-bond donors (Lipinski definition) is 0. The largest absolute Gasteiger partial charge is 0.375 e. The van der Waals surface area contributed by atoms with Gasteiger partial charge in [0.1, 0.15) is 0 Å². The van der Waals surface area contributed by atoms with Crippen LogP contribution in [0, 0.1) is 0 Å². The molecule has 1 aliphatic rings. The van der Waals surface area contributed by atoms with Crippen LogP contribution in [0.3, 0.4) is 0 Å². The number of hydrogen-bond acceptors (Lipinski definition) is 4. The summed E-state index contributed by atoms with van der Waals surface area (Å²) in [7, 11) is 0. The minimum Gasteiger partial charge on any atom is -0.375 e. The Morgan fingerprint density at radius 2 is 1.85 bits per heavy atom. The molecule has 0 amide bonds. The Hall–Kier alpha value is -2.50. The lowest BCUT2D eigenvalue weighted by Crippen LogP contribution is -2.45. The van der Waals surface area contributed by atoms with Crippen molar-refractivity contribution < 1.29 is 4.74 Å². The van der Waals surface area contributed by atoms with Crippen molar-refractivity contribution in [1.29, 1.82) is 0 Å². The fraction of sp³-hybridized carbons (Fsp3) is 0.333. The predicted octanol–water partition coefficient (Wildman–Crippen LogP) is 2.34. The van der Waals surface area contributed by atoms with Crippen molar-refractivity contribution in [2.45, 2.75) is 19.1 Å². The van der Waals surface area contributed by atoms with E-state index in [9.17, 15) is 4.79 Å². The van der Waals surface area contributed by atoms with Gasteiger partial charge in [0, 0.05) is 26.2 Å². The monoisotopic (exact) mass is 349 g/mol. The maximum atomic E-state index is 12.6. The molecule has 5 nitrogen and oxygen atoms in total. The van der Waals surface area contributed by atoms with Crippen LogP contribution in [0.2, 0.25) is 0 Å². The van der Waals surface area contributed by atoms with Gasteiger partial charge < -0.3 is 4.74 Å². The Bertz CT molecular complexity index is 923. The van der Waals surface area contributed by atoms with Gasteiger partial charge in [-0.1, -0.05) is 42.5 Å². The molecule has 26 heavy (non-hydrogen) atoms. The van der Waals surface area contributed by atoms with Crippen LogP contribution >= 0.6 is 0 Å². The summed E-state index contributed by atoms with van der Waals surface area (Å²) in [6.07, 6.45) is 2.79. The number of nitrogens with zero attached hydrogens (tertiary/aromatic N) is 3. The van der Waals surface area contributed by atoms with E-state index in [2.05, 4.69) is 34.1 Å². The SMILES string of the molecule is O=c1c2ccccc2ncn1CCN1CCOC(Cc2ccccc2)C1. The first kappa shape index (κ1) is 16.9. The van der Waals surface area contributed by atoms with Gasteiger partial charge in [0.15, 0.2) is 0 Å². The third kappa shape index (κ3) is 3.84. The molecule has 0 spiro atoms. The summed E-state index contributed by atoms with van der Waals surface area (Å²) < 4.78 is 7.64. The molecule has 1 fully saturated rings. The fourth-order valence-corrected chi connectivity index (χ4v) is 3.50. The van der Waals surface area contributed by atoms with Gasteiger partial charge in [-0.3, -0.25) is 14.3 Å². The normalized spacial score (nSPS) is 18.2. The molecule has 1 aliphatic heterocycles. The molecule has 0 saturated carbocycles. The van der Waals surface area contributed by atoms with Gasteiger partial charge >= 0.3 is 0 Å². The first-order valence-electron chi connectivity index (χ1n) is 9.12. The van der Waals surface area contributed by atoms with E-state index >= 15 is 0 Å². The number of benzene rings is 2. The maximum absolute atomic E-state index is 12.6. The Balaban J connectivity index is 1.38. The average molecular weight is 349 g/mol. The number of morpholine rings is 1. The van der Waals surface area contributed by atoms with E-state index in [1.54, 1.807) is 10.9 Å². The van der Waals surface area contributed by atoms with Crippen LogP contribution in [0.25, 0.3) is 10.9 Å². The lowest BCUT2D eigenvalue weighted by Gasteiger charge is -2.33. The van der Waals surface area contributed by atoms with E-state index in [1.165, 1.54) is 5.56 Å². The Kier molecular flexibility index (Phi) is 5.09. The summed E-state index contributed by atoms with van der Waals surface area (Å²) in [6.45, 7) is 4.01. The maximum Gasteiger partial charge on any atom is 0.261 e. The Morgan fingerprint density at radius 3 is 2.73 bits per heavy atom. The molecular weight excluding hydrogens is 326 g/mol. The minimum atomic E-state index is 0.0321. The van der Waals surface area contributed by atoms with Crippen LogP contribution in [-0.2, 0) is 17.7 Å². The number of aromatic nitrogens is 2. The second-order valence-corrected chi connectivity index (χ2v) is 6.74. The number of para-hydroxylation sites is 1. The molecule has 1 aromatic heterocycles. The average Bonchev–Trinajstić information content (AvgIpc) is 2.69. The highest BCUT2D eigenvalue weighted by Gasteiger charge is 2.20. The number of fused-ring (bicyclic) bond motifs is 1. The first-order valence-corrected chi connectivity index (χ1v) is 9.12. The van der Waals surface area contributed by atoms with Gasteiger partial charge in [-0.2, -0.15) is 0 Å². The molecule has 1 atom stereocenters. The van der Waals surface area contributed by atoms with Gasteiger partial charge in [-0.15, -0.1) is 0 Å². The van der Waals surface area contributed by atoms with Crippen molar-refractivity contribution >= 4 is 10.9 Å². The molecule has 1 unspecified atom stereocenters. The van der Waals surface area contributed by atoms with E-state index in [1.807, 2.05) is 30.3 Å². The summed E-state index contributed by atoms with van der Waals surface area (Å²) in [4.78, 5) is 19.4. The van der Waals surface area contributed by atoms with Gasteiger partial charge in [0.2, 0.25) is 0 Å². The molecule has 3 aromatic rings. The smallest absolute Gasteiger partial charge is 0.261 e. The van der Waals surface area contributed by atoms with Crippen LogP contribution in [0.5, 0.6) is 0 Å². The van der Waals surface area contributed by atoms with Crippen LogP contribution in [0.15, 0.2) is 65.7 Å². The minimum absolute atomic E-state index is 0.0321. The zero-order valence-corrected chi connectivity index (χ0v) is 14.8. The lowest BCUT2D eigenvalue weighted by atomic mass is 10.1. The molecule has 0 bridgehead atoms. The first-order chi connectivity index (χ1) is 12.8. The quantitative estimate of drug-likeness (QED) is 0.709. The third-order valence-corrected chi connectivity index (χ3v) is 4.92. The zero-order valence-electron chi connectivity index (χ0n) is 14.8. The summed E-state index contributed by atoms with van der Waals surface area (Å²) in [5, 5.41) is 0.680. The molecule has 0 aliphatic carbocycles. The van der Waals surface area contributed by atoms with Gasteiger partial charge in [-0.05, 0) is 24.1 Å². The van der Waals surface area contributed by atoms with Gasteiger partial charge in [-0.25, -0.2) is 4.98 Å². The number of rotatable bonds is 5. The molecule has 134 valence electrons. The molecule has 2 heterocycles. The van der Waals surface area contributed by atoms with Crippen LogP contribution in [0.4, 0.5) is 0 Å². The van der Waals surface area contributed by atoms with Gasteiger partial charge in [0.05, 0.1) is 29.9 Å². The summed E-state index contributed by atoms with van der Waals surface area (Å²) in [5.41, 5.74) is 2.09. The number of ether oxygens (including phenoxy) is 1. The third-order valence-electron chi connectivity index (χ3n) is 4.92. The molecule has 1 saturated heterocycles. The van der Waals surface area contributed by atoms with E-state index in [0.29, 0.717) is 11.9 Å². The van der Waals surface area contributed by atoms with Crippen molar-refractivity contribution in [3.05, 3.63) is 76.8 Å². The topological polar surface area (TPSA) is 47.4 Å². The Labute approximate surface area is 152 Å². The van der Waals surface area contributed by atoms with E-state index in [4.69, 9.17) is 4.74 Å². The molecule has 5 heteroatoms. The summed E-state index contributed by atoms with van der Waals surface area (Å²) in [5.74, 6) is 0. The van der Waals surface area contributed by atoms with E-state index in [0.717, 1.165) is 38.2 Å². The summed E-state index contributed by atoms with van der Waals surface area (Å²) >= 11 is 0. The highest BCUT2D eigenvalue weighted by Crippen LogP contribution is 2.12. The second kappa shape index (κ2) is 7.81. The predicted molar refractivity (Wildman–Crippen MR) is 102 cm³/mol. The van der Waals surface area contributed by atoms with E-state index in [-0.39, 0.29) is 11.7 Å². The highest BCUT2D eigenvalue weighted by molar-refractivity contribution is 5.76. The van der Waals surface area contributed by atoms with Crippen LogP contribution < -0.4 is 5.56 Å².